The van der Waals surface area contributed by atoms with Gasteiger partial charge in [-0.05, 0) is 25.7 Å². The molecule has 0 unspecified atom stereocenters. The smallest absolute Gasteiger partial charge is 0.303 e. The summed E-state index contributed by atoms with van der Waals surface area (Å²) in [7, 11) is 0. The number of carbonyl (C=O) groups is 2. The fourth-order valence-corrected chi connectivity index (χ4v) is 2.35. The lowest BCUT2D eigenvalue weighted by molar-refractivity contribution is -0.162. The average Bonchev–Trinajstić information content (AvgIpc) is 1.99. The molecule has 0 spiro atoms. The van der Waals surface area contributed by atoms with Gasteiger partial charge in [0.05, 0.1) is 0 Å². The van der Waals surface area contributed by atoms with Gasteiger partial charge in [0.1, 0.15) is 11.4 Å². The minimum absolute atomic E-state index is 0.147. The van der Waals surface area contributed by atoms with Gasteiger partial charge in [-0.2, -0.15) is 0 Å². The first kappa shape index (κ1) is 12.2. The normalized spacial score (nSPS) is 31.8. The predicted octanol–water partition coefficient (Wildman–Crippen LogP) is 2.33. The zero-order chi connectivity index (χ0) is 11.6. The van der Waals surface area contributed by atoms with Crippen molar-refractivity contribution in [1.82, 2.24) is 0 Å². The summed E-state index contributed by atoms with van der Waals surface area (Å²) in [5, 5.41) is 0. The third-order valence-corrected chi connectivity index (χ3v) is 3.14. The number of Topliss-reactive ketones (excluding diaryl/α,β-unsaturated/α-hetero) is 1. The van der Waals surface area contributed by atoms with Crippen molar-refractivity contribution in [1.29, 1.82) is 0 Å². The Morgan fingerprint density at radius 3 is 2.53 bits per heavy atom. The van der Waals surface area contributed by atoms with Gasteiger partial charge in [0.25, 0.3) is 0 Å². The van der Waals surface area contributed by atoms with Gasteiger partial charge in [0.2, 0.25) is 0 Å². The van der Waals surface area contributed by atoms with Crippen LogP contribution in [0.25, 0.3) is 0 Å². The van der Waals surface area contributed by atoms with Gasteiger partial charge in [0, 0.05) is 19.3 Å². The molecule has 3 nitrogen and oxygen atoms in total. The molecule has 0 aromatic carbocycles. The molecule has 0 aromatic heterocycles. The Balaban J connectivity index is 2.64. The number of ketones is 1. The van der Waals surface area contributed by atoms with Crippen LogP contribution in [0.1, 0.15) is 47.0 Å². The van der Waals surface area contributed by atoms with Gasteiger partial charge in [-0.25, -0.2) is 0 Å². The summed E-state index contributed by atoms with van der Waals surface area (Å²) in [5.74, 6) is 0.473. The highest BCUT2D eigenvalue weighted by Gasteiger charge is 2.39. The van der Waals surface area contributed by atoms with E-state index in [-0.39, 0.29) is 17.7 Å². The number of hydrogen-bond donors (Lipinski definition) is 0. The van der Waals surface area contributed by atoms with Crippen molar-refractivity contribution in [3.05, 3.63) is 0 Å². The molecule has 3 heteroatoms. The summed E-state index contributed by atoms with van der Waals surface area (Å²) in [5.41, 5.74) is -0.561. The quantitative estimate of drug-likeness (QED) is 0.660. The second-order valence-electron chi connectivity index (χ2n) is 5.08. The second kappa shape index (κ2) is 4.33. The van der Waals surface area contributed by atoms with Crippen molar-refractivity contribution < 1.29 is 14.3 Å². The van der Waals surface area contributed by atoms with Crippen LogP contribution in [0, 0.1) is 11.8 Å². The first-order valence-corrected chi connectivity index (χ1v) is 5.56. The summed E-state index contributed by atoms with van der Waals surface area (Å²) in [6.07, 6.45) is 2.00. The molecule has 0 bridgehead atoms. The molecule has 1 aliphatic rings. The Bertz CT molecular complexity index is 270. The van der Waals surface area contributed by atoms with Crippen LogP contribution in [0.3, 0.4) is 0 Å². The first-order chi connectivity index (χ1) is 6.84. The number of rotatable bonds is 2. The molecule has 86 valence electrons. The van der Waals surface area contributed by atoms with Crippen LogP contribution in [0.2, 0.25) is 0 Å². The number of carbonyl (C=O) groups excluding carboxylic acids is 2. The topological polar surface area (TPSA) is 43.4 Å². The molecule has 1 saturated carbocycles. The van der Waals surface area contributed by atoms with Crippen LogP contribution < -0.4 is 0 Å². The van der Waals surface area contributed by atoms with Crippen molar-refractivity contribution in [2.45, 2.75) is 52.6 Å². The summed E-state index contributed by atoms with van der Waals surface area (Å²) < 4.78 is 5.22. The fourth-order valence-electron chi connectivity index (χ4n) is 2.35. The van der Waals surface area contributed by atoms with E-state index in [2.05, 4.69) is 13.8 Å². The van der Waals surface area contributed by atoms with Crippen molar-refractivity contribution >= 4 is 11.8 Å². The molecule has 0 aromatic rings. The zero-order valence-electron chi connectivity index (χ0n) is 10.0. The molecule has 0 saturated heterocycles. The largest absolute Gasteiger partial charge is 0.459 e. The molecule has 0 aliphatic heterocycles. The minimum Gasteiger partial charge on any atom is -0.459 e. The van der Waals surface area contributed by atoms with E-state index in [1.165, 1.54) is 6.92 Å². The number of esters is 1. The van der Waals surface area contributed by atoms with Gasteiger partial charge >= 0.3 is 5.97 Å². The van der Waals surface area contributed by atoms with Gasteiger partial charge in [-0.1, -0.05) is 13.8 Å². The molecule has 0 heterocycles. The third kappa shape index (κ3) is 3.05. The maximum Gasteiger partial charge on any atom is 0.303 e. The maximum atomic E-state index is 11.8. The van der Waals surface area contributed by atoms with Crippen molar-refractivity contribution in [2.24, 2.45) is 11.8 Å². The highest BCUT2D eigenvalue weighted by Crippen LogP contribution is 2.35. The minimum atomic E-state index is -0.561. The van der Waals surface area contributed by atoms with Gasteiger partial charge in [-0.15, -0.1) is 0 Å². The standard InChI is InChI=1S/C12H20O3/c1-8(2)10-5-6-12(4,7-11(10)14)15-9(3)13/h8,10H,5-7H2,1-4H3/t10-,12-/m0/s1. The SMILES string of the molecule is CC(=O)O[C@@]1(C)CC[C@@H](C(C)C)C(=O)C1. The Labute approximate surface area is 91.2 Å². The molecular formula is C12H20O3. The average molecular weight is 212 g/mol. The van der Waals surface area contributed by atoms with E-state index >= 15 is 0 Å². The van der Waals surface area contributed by atoms with E-state index in [1.807, 2.05) is 6.92 Å². The van der Waals surface area contributed by atoms with E-state index in [9.17, 15) is 9.59 Å². The van der Waals surface area contributed by atoms with Crippen LogP contribution in [0.5, 0.6) is 0 Å². The zero-order valence-corrected chi connectivity index (χ0v) is 10.0. The summed E-state index contributed by atoms with van der Waals surface area (Å²) in [4.78, 5) is 22.7. The summed E-state index contributed by atoms with van der Waals surface area (Å²) in [6.45, 7) is 7.38. The molecule has 1 rings (SSSR count). The molecule has 15 heavy (non-hydrogen) atoms. The van der Waals surface area contributed by atoms with Crippen LogP contribution in [0.15, 0.2) is 0 Å². The fraction of sp³-hybridized carbons (Fsp3) is 0.833. The van der Waals surface area contributed by atoms with E-state index < -0.39 is 5.60 Å². The lowest BCUT2D eigenvalue weighted by Crippen LogP contribution is -2.41. The van der Waals surface area contributed by atoms with Crippen molar-refractivity contribution in [3.8, 4) is 0 Å². The molecular weight excluding hydrogens is 192 g/mol. The Hall–Kier alpha value is -0.860. The third-order valence-electron chi connectivity index (χ3n) is 3.14. The molecule has 0 N–H and O–H groups in total. The monoisotopic (exact) mass is 212 g/mol. The second-order valence-corrected chi connectivity index (χ2v) is 5.08. The van der Waals surface area contributed by atoms with E-state index in [4.69, 9.17) is 4.74 Å². The molecule has 1 aliphatic carbocycles. The summed E-state index contributed by atoms with van der Waals surface area (Å²) >= 11 is 0. The lowest BCUT2D eigenvalue weighted by Gasteiger charge is -2.36. The Kier molecular flexibility index (Phi) is 3.53. The van der Waals surface area contributed by atoms with Gasteiger partial charge < -0.3 is 4.74 Å². The van der Waals surface area contributed by atoms with Crippen LogP contribution >= 0.6 is 0 Å². The van der Waals surface area contributed by atoms with Crippen molar-refractivity contribution in [3.63, 3.8) is 0 Å². The van der Waals surface area contributed by atoms with Crippen LogP contribution in [0.4, 0.5) is 0 Å². The molecule has 1 fully saturated rings. The Morgan fingerprint density at radius 2 is 2.13 bits per heavy atom. The van der Waals surface area contributed by atoms with E-state index in [0.717, 1.165) is 12.8 Å². The highest BCUT2D eigenvalue weighted by molar-refractivity contribution is 5.83. The molecule has 2 atom stereocenters. The first-order valence-electron chi connectivity index (χ1n) is 5.56. The van der Waals surface area contributed by atoms with Crippen molar-refractivity contribution in [2.75, 3.05) is 0 Å². The molecule has 0 radical (unpaired) electrons. The van der Waals surface area contributed by atoms with Gasteiger partial charge in [-0.3, -0.25) is 9.59 Å². The van der Waals surface area contributed by atoms with Gasteiger partial charge in [0.15, 0.2) is 0 Å². The number of hydrogen-bond acceptors (Lipinski definition) is 3. The van der Waals surface area contributed by atoms with E-state index in [1.54, 1.807) is 0 Å². The summed E-state index contributed by atoms with van der Waals surface area (Å²) in [6, 6.07) is 0. The van der Waals surface area contributed by atoms with E-state index in [0.29, 0.717) is 12.3 Å². The number of ether oxygens (including phenoxy) is 1. The van der Waals surface area contributed by atoms with Crippen LogP contribution in [-0.4, -0.2) is 17.4 Å². The lowest BCUT2D eigenvalue weighted by atomic mass is 9.74. The Morgan fingerprint density at radius 1 is 1.53 bits per heavy atom. The molecule has 0 amide bonds. The van der Waals surface area contributed by atoms with Crippen LogP contribution in [-0.2, 0) is 14.3 Å². The predicted molar refractivity (Wildman–Crippen MR) is 57.4 cm³/mol. The highest BCUT2D eigenvalue weighted by atomic mass is 16.6. The maximum absolute atomic E-state index is 11.8.